The molecule has 0 rings (SSSR count). The molecular weight excluding hydrogens is 174 g/mol. The van der Waals surface area contributed by atoms with Gasteiger partial charge < -0.3 is 10.4 Å². The van der Waals surface area contributed by atoms with E-state index in [0.717, 1.165) is 19.4 Å². The highest BCUT2D eigenvalue weighted by Gasteiger charge is 2.23. The second kappa shape index (κ2) is 8.25. The highest BCUT2D eigenvalue weighted by Crippen LogP contribution is 2.22. The first kappa shape index (κ1) is 13.9. The molecule has 0 aliphatic rings. The van der Waals surface area contributed by atoms with E-state index in [1.165, 1.54) is 25.7 Å². The lowest BCUT2D eigenvalue weighted by atomic mass is 9.87. The molecule has 2 heteroatoms. The second-order valence-corrected chi connectivity index (χ2v) is 4.09. The van der Waals surface area contributed by atoms with Crippen molar-refractivity contribution >= 4 is 0 Å². The van der Waals surface area contributed by atoms with Crippen molar-refractivity contribution in [2.45, 2.75) is 64.8 Å². The van der Waals surface area contributed by atoms with Gasteiger partial charge in [-0.1, -0.05) is 40.0 Å². The highest BCUT2D eigenvalue weighted by atomic mass is 16.3. The molecule has 0 saturated carbocycles. The smallest absolute Gasteiger partial charge is 0.0556 e. The topological polar surface area (TPSA) is 32.3 Å². The molecule has 0 aromatic rings. The number of β-amino-alcohol motifs (C(OH)–C–C–N with tert-alkyl or cyclic N) is 1. The Bertz CT molecular complexity index is 121. The highest BCUT2D eigenvalue weighted by molar-refractivity contribution is 4.84. The number of hydrogen-bond donors (Lipinski definition) is 2. The minimum absolute atomic E-state index is 0.246. The van der Waals surface area contributed by atoms with E-state index >= 15 is 0 Å². The average molecular weight is 201 g/mol. The van der Waals surface area contributed by atoms with Gasteiger partial charge in [0.15, 0.2) is 0 Å². The van der Waals surface area contributed by atoms with E-state index in [4.69, 9.17) is 5.11 Å². The number of hydrogen-bond acceptors (Lipinski definition) is 2. The summed E-state index contributed by atoms with van der Waals surface area (Å²) < 4.78 is 0. The van der Waals surface area contributed by atoms with Crippen LogP contribution in [0.15, 0.2) is 0 Å². The molecule has 0 amide bonds. The van der Waals surface area contributed by atoms with Crippen molar-refractivity contribution in [3.63, 3.8) is 0 Å². The van der Waals surface area contributed by atoms with Gasteiger partial charge in [-0.05, 0) is 19.3 Å². The molecule has 0 aromatic heterocycles. The number of aliphatic hydroxyl groups excluding tert-OH is 1. The molecule has 0 atom stereocenters. The van der Waals surface area contributed by atoms with Crippen molar-refractivity contribution in [2.24, 2.45) is 0 Å². The number of unbranched alkanes of at least 4 members (excludes halogenated alkanes) is 2. The summed E-state index contributed by atoms with van der Waals surface area (Å²) in [6.45, 7) is 7.68. The zero-order chi connectivity index (χ0) is 10.9. The number of nitrogens with one attached hydrogen (secondary N) is 1. The van der Waals surface area contributed by atoms with Gasteiger partial charge in [0.2, 0.25) is 0 Å². The Morgan fingerprint density at radius 2 is 1.71 bits per heavy atom. The fraction of sp³-hybridized carbons (Fsp3) is 1.00. The first-order valence-electron chi connectivity index (χ1n) is 6.10. The Morgan fingerprint density at radius 3 is 2.14 bits per heavy atom. The molecular formula is C12H27NO. The fourth-order valence-corrected chi connectivity index (χ4v) is 1.98. The third-order valence-electron chi connectivity index (χ3n) is 3.22. The predicted molar refractivity (Wildman–Crippen MR) is 62.5 cm³/mol. The van der Waals surface area contributed by atoms with Crippen LogP contribution < -0.4 is 5.32 Å². The lowest BCUT2D eigenvalue weighted by molar-refractivity contribution is 0.226. The molecule has 0 spiro atoms. The maximum atomic E-state index is 8.83. The van der Waals surface area contributed by atoms with Crippen molar-refractivity contribution in [1.29, 1.82) is 0 Å². The van der Waals surface area contributed by atoms with Crippen LogP contribution in [-0.4, -0.2) is 23.8 Å². The third-order valence-corrected chi connectivity index (χ3v) is 3.22. The van der Waals surface area contributed by atoms with Gasteiger partial charge in [-0.2, -0.15) is 0 Å². The van der Waals surface area contributed by atoms with Crippen LogP contribution in [0.5, 0.6) is 0 Å². The summed E-state index contributed by atoms with van der Waals surface area (Å²) in [6.07, 6.45) is 7.47. The molecule has 0 radical (unpaired) electrons. The summed E-state index contributed by atoms with van der Waals surface area (Å²) >= 11 is 0. The van der Waals surface area contributed by atoms with Gasteiger partial charge in [0, 0.05) is 12.1 Å². The normalized spacial score (nSPS) is 12.0. The maximum absolute atomic E-state index is 8.83. The molecule has 0 bridgehead atoms. The average Bonchev–Trinajstić information content (AvgIpc) is 2.24. The molecule has 2 N–H and O–H groups in total. The van der Waals surface area contributed by atoms with Crippen LogP contribution in [-0.2, 0) is 0 Å². The lowest BCUT2D eigenvalue weighted by Crippen LogP contribution is -2.45. The minimum atomic E-state index is 0.246. The lowest BCUT2D eigenvalue weighted by Gasteiger charge is -2.33. The zero-order valence-corrected chi connectivity index (χ0v) is 10.1. The van der Waals surface area contributed by atoms with Crippen LogP contribution in [0, 0.1) is 0 Å². The van der Waals surface area contributed by atoms with E-state index in [9.17, 15) is 0 Å². The summed E-state index contributed by atoms with van der Waals surface area (Å²) in [5, 5.41) is 12.3. The van der Waals surface area contributed by atoms with Crippen LogP contribution >= 0.6 is 0 Å². The van der Waals surface area contributed by atoms with Gasteiger partial charge in [0.1, 0.15) is 0 Å². The number of aliphatic hydroxyl groups is 1. The second-order valence-electron chi connectivity index (χ2n) is 4.09. The van der Waals surface area contributed by atoms with E-state index in [-0.39, 0.29) is 12.1 Å². The van der Waals surface area contributed by atoms with Crippen LogP contribution in [0.2, 0.25) is 0 Å². The van der Waals surface area contributed by atoms with Gasteiger partial charge in [0.05, 0.1) is 6.61 Å². The largest absolute Gasteiger partial charge is 0.395 e. The summed E-state index contributed by atoms with van der Waals surface area (Å²) in [4.78, 5) is 0. The predicted octanol–water partition coefficient (Wildman–Crippen LogP) is 2.71. The van der Waals surface area contributed by atoms with Gasteiger partial charge in [-0.15, -0.1) is 0 Å². The molecule has 2 nitrogen and oxygen atoms in total. The minimum Gasteiger partial charge on any atom is -0.395 e. The van der Waals surface area contributed by atoms with Crippen molar-refractivity contribution in [2.75, 3.05) is 13.2 Å². The van der Waals surface area contributed by atoms with E-state index in [2.05, 4.69) is 26.1 Å². The molecule has 86 valence electrons. The Morgan fingerprint density at radius 1 is 1.07 bits per heavy atom. The first-order chi connectivity index (χ1) is 6.74. The molecule has 0 fully saturated rings. The number of rotatable bonds is 9. The fourth-order valence-electron chi connectivity index (χ4n) is 1.98. The van der Waals surface area contributed by atoms with E-state index in [1.807, 2.05) is 0 Å². The summed E-state index contributed by atoms with van der Waals surface area (Å²) in [5.74, 6) is 0. The third kappa shape index (κ3) is 4.97. The van der Waals surface area contributed by atoms with Gasteiger partial charge in [-0.25, -0.2) is 0 Å². The van der Waals surface area contributed by atoms with Gasteiger partial charge in [-0.3, -0.25) is 0 Å². The Kier molecular flexibility index (Phi) is 8.20. The Hall–Kier alpha value is -0.0800. The maximum Gasteiger partial charge on any atom is 0.0556 e. The van der Waals surface area contributed by atoms with Crippen molar-refractivity contribution < 1.29 is 5.11 Å². The summed E-state index contributed by atoms with van der Waals surface area (Å²) in [5.41, 5.74) is 0.276. The SMILES string of the molecule is CCCCCC(CC)(CC)NCCO. The van der Waals surface area contributed by atoms with Crippen LogP contribution in [0.1, 0.15) is 59.3 Å². The first-order valence-corrected chi connectivity index (χ1v) is 6.10. The zero-order valence-electron chi connectivity index (χ0n) is 10.1. The van der Waals surface area contributed by atoms with Crippen molar-refractivity contribution in [3.05, 3.63) is 0 Å². The standard InChI is InChI=1S/C12H27NO/c1-4-7-8-9-12(5-2,6-3)13-10-11-14/h13-14H,4-11H2,1-3H3. The molecule has 0 saturated heterocycles. The van der Waals surface area contributed by atoms with Gasteiger partial charge in [0.25, 0.3) is 0 Å². The Balaban J connectivity index is 3.94. The molecule has 0 heterocycles. The van der Waals surface area contributed by atoms with E-state index in [0.29, 0.717) is 0 Å². The van der Waals surface area contributed by atoms with E-state index < -0.39 is 0 Å². The van der Waals surface area contributed by atoms with Crippen LogP contribution in [0.25, 0.3) is 0 Å². The van der Waals surface area contributed by atoms with Crippen molar-refractivity contribution in [3.8, 4) is 0 Å². The van der Waals surface area contributed by atoms with E-state index in [1.54, 1.807) is 0 Å². The molecule has 0 aromatic carbocycles. The molecule has 14 heavy (non-hydrogen) atoms. The molecule has 0 unspecified atom stereocenters. The Labute approximate surface area is 89.1 Å². The molecule has 0 aliphatic heterocycles. The summed E-state index contributed by atoms with van der Waals surface area (Å²) in [7, 11) is 0. The molecule has 0 aliphatic carbocycles. The van der Waals surface area contributed by atoms with Crippen molar-refractivity contribution in [1.82, 2.24) is 5.32 Å². The van der Waals surface area contributed by atoms with Gasteiger partial charge >= 0.3 is 0 Å². The van der Waals surface area contributed by atoms with Crippen LogP contribution in [0.3, 0.4) is 0 Å². The monoisotopic (exact) mass is 201 g/mol. The van der Waals surface area contributed by atoms with Crippen LogP contribution in [0.4, 0.5) is 0 Å². The summed E-state index contributed by atoms with van der Waals surface area (Å²) in [6, 6.07) is 0. The quantitative estimate of drug-likeness (QED) is 0.562.